The van der Waals surface area contributed by atoms with Crippen LogP contribution in [-0.2, 0) is 0 Å². The third-order valence-corrected chi connectivity index (χ3v) is 2.46. The van der Waals surface area contributed by atoms with Crippen LogP contribution in [0.3, 0.4) is 0 Å². The Morgan fingerprint density at radius 3 is 2.69 bits per heavy atom. The fourth-order valence-electron chi connectivity index (χ4n) is 1.65. The SMILES string of the molecule is CCCC(C)Oc1ccc(C(=O)O)c(C)c1. The summed E-state index contributed by atoms with van der Waals surface area (Å²) in [5.41, 5.74) is 1.06. The summed E-state index contributed by atoms with van der Waals surface area (Å²) in [4.78, 5) is 10.8. The van der Waals surface area contributed by atoms with Crippen LogP contribution < -0.4 is 4.74 Å². The molecule has 0 saturated heterocycles. The topological polar surface area (TPSA) is 46.5 Å². The van der Waals surface area contributed by atoms with Gasteiger partial charge in [0, 0.05) is 0 Å². The Morgan fingerprint density at radius 2 is 2.19 bits per heavy atom. The number of hydrogen-bond acceptors (Lipinski definition) is 2. The molecule has 1 atom stereocenters. The van der Waals surface area contributed by atoms with E-state index in [2.05, 4.69) is 6.92 Å². The molecule has 0 fully saturated rings. The number of ether oxygens (including phenoxy) is 1. The maximum Gasteiger partial charge on any atom is 0.335 e. The second kappa shape index (κ2) is 5.54. The molecule has 0 radical (unpaired) electrons. The fraction of sp³-hybridized carbons (Fsp3) is 0.462. The van der Waals surface area contributed by atoms with E-state index in [0.29, 0.717) is 5.56 Å². The molecule has 88 valence electrons. The quantitative estimate of drug-likeness (QED) is 0.831. The lowest BCUT2D eigenvalue weighted by atomic mass is 10.1. The van der Waals surface area contributed by atoms with Gasteiger partial charge < -0.3 is 9.84 Å². The van der Waals surface area contributed by atoms with Gasteiger partial charge in [-0.25, -0.2) is 4.79 Å². The molecule has 0 bridgehead atoms. The lowest BCUT2D eigenvalue weighted by Crippen LogP contribution is -2.11. The van der Waals surface area contributed by atoms with E-state index in [1.54, 1.807) is 25.1 Å². The van der Waals surface area contributed by atoms with E-state index in [0.717, 1.165) is 24.2 Å². The van der Waals surface area contributed by atoms with Crippen molar-refractivity contribution in [3.05, 3.63) is 29.3 Å². The van der Waals surface area contributed by atoms with Crippen LogP contribution in [0.25, 0.3) is 0 Å². The third-order valence-electron chi connectivity index (χ3n) is 2.46. The lowest BCUT2D eigenvalue weighted by molar-refractivity contribution is 0.0696. The minimum Gasteiger partial charge on any atom is -0.491 e. The second-order valence-corrected chi connectivity index (χ2v) is 4.00. The highest BCUT2D eigenvalue weighted by molar-refractivity contribution is 5.89. The first kappa shape index (κ1) is 12.6. The first-order valence-electron chi connectivity index (χ1n) is 5.55. The van der Waals surface area contributed by atoms with Gasteiger partial charge in [-0.15, -0.1) is 0 Å². The van der Waals surface area contributed by atoms with Crippen molar-refractivity contribution in [1.29, 1.82) is 0 Å². The van der Waals surface area contributed by atoms with Crippen LogP contribution in [0.1, 0.15) is 42.6 Å². The average Bonchev–Trinajstić information content (AvgIpc) is 2.17. The van der Waals surface area contributed by atoms with Crippen molar-refractivity contribution in [3.8, 4) is 5.75 Å². The van der Waals surface area contributed by atoms with Crippen molar-refractivity contribution in [2.75, 3.05) is 0 Å². The molecule has 1 aromatic carbocycles. The number of carbonyl (C=O) groups is 1. The first-order valence-corrected chi connectivity index (χ1v) is 5.55. The Hall–Kier alpha value is -1.51. The predicted molar refractivity (Wildman–Crippen MR) is 63.1 cm³/mol. The van der Waals surface area contributed by atoms with Crippen molar-refractivity contribution in [1.82, 2.24) is 0 Å². The molecule has 0 heterocycles. The number of carboxylic acids is 1. The zero-order valence-electron chi connectivity index (χ0n) is 9.99. The van der Waals surface area contributed by atoms with Crippen LogP contribution in [0.2, 0.25) is 0 Å². The summed E-state index contributed by atoms with van der Waals surface area (Å²) in [5, 5.41) is 8.88. The minimum absolute atomic E-state index is 0.167. The molecule has 16 heavy (non-hydrogen) atoms. The molecule has 1 unspecified atom stereocenters. The van der Waals surface area contributed by atoms with Gasteiger partial charge in [0.1, 0.15) is 5.75 Å². The molecule has 0 saturated carbocycles. The van der Waals surface area contributed by atoms with Crippen molar-refractivity contribution < 1.29 is 14.6 Å². The number of aromatic carboxylic acids is 1. The van der Waals surface area contributed by atoms with E-state index in [9.17, 15) is 4.79 Å². The number of carboxylic acid groups (broad SMARTS) is 1. The second-order valence-electron chi connectivity index (χ2n) is 4.00. The number of benzene rings is 1. The van der Waals surface area contributed by atoms with Crippen LogP contribution in [0.15, 0.2) is 18.2 Å². The van der Waals surface area contributed by atoms with Gasteiger partial charge in [-0.3, -0.25) is 0 Å². The molecule has 3 nitrogen and oxygen atoms in total. The number of aryl methyl sites for hydroxylation is 1. The fourth-order valence-corrected chi connectivity index (χ4v) is 1.65. The van der Waals surface area contributed by atoms with E-state index in [-0.39, 0.29) is 6.10 Å². The molecule has 1 rings (SSSR count). The Labute approximate surface area is 96.1 Å². The van der Waals surface area contributed by atoms with Gasteiger partial charge in [-0.05, 0) is 44.0 Å². The van der Waals surface area contributed by atoms with E-state index in [1.165, 1.54) is 0 Å². The van der Waals surface area contributed by atoms with Gasteiger partial charge in [0.05, 0.1) is 11.7 Å². The maximum atomic E-state index is 10.8. The molecule has 0 aromatic heterocycles. The van der Waals surface area contributed by atoms with Crippen molar-refractivity contribution in [2.24, 2.45) is 0 Å². The predicted octanol–water partition coefficient (Wildman–Crippen LogP) is 3.26. The summed E-state index contributed by atoms with van der Waals surface area (Å²) >= 11 is 0. The molecular formula is C13H18O3. The van der Waals surface area contributed by atoms with Gasteiger partial charge in [0.25, 0.3) is 0 Å². The van der Waals surface area contributed by atoms with E-state index >= 15 is 0 Å². The zero-order valence-corrected chi connectivity index (χ0v) is 9.99. The van der Waals surface area contributed by atoms with Crippen LogP contribution in [0, 0.1) is 6.92 Å². The lowest BCUT2D eigenvalue weighted by Gasteiger charge is -2.14. The van der Waals surface area contributed by atoms with Gasteiger partial charge in [-0.1, -0.05) is 13.3 Å². The molecule has 0 aliphatic carbocycles. The normalized spacial score (nSPS) is 12.2. The van der Waals surface area contributed by atoms with Crippen LogP contribution in [0.5, 0.6) is 5.75 Å². The van der Waals surface area contributed by atoms with Crippen LogP contribution in [-0.4, -0.2) is 17.2 Å². The highest BCUT2D eigenvalue weighted by Gasteiger charge is 2.09. The highest BCUT2D eigenvalue weighted by atomic mass is 16.5. The van der Waals surface area contributed by atoms with Gasteiger partial charge in [-0.2, -0.15) is 0 Å². The van der Waals surface area contributed by atoms with Crippen molar-refractivity contribution in [3.63, 3.8) is 0 Å². The smallest absolute Gasteiger partial charge is 0.335 e. The Bertz CT molecular complexity index is 371. The highest BCUT2D eigenvalue weighted by Crippen LogP contribution is 2.19. The third kappa shape index (κ3) is 3.26. The van der Waals surface area contributed by atoms with Gasteiger partial charge >= 0.3 is 5.97 Å². The standard InChI is InChI=1S/C13H18O3/c1-4-5-10(3)16-11-6-7-12(13(14)15)9(2)8-11/h6-8,10H,4-5H2,1-3H3,(H,14,15). The summed E-state index contributed by atoms with van der Waals surface area (Å²) in [7, 11) is 0. The van der Waals surface area contributed by atoms with Crippen LogP contribution in [0.4, 0.5) is 0 Å². The summed E-state index contributed by atoms with van der Waals surface area (Å²) in [5.74, 6) is -0.158. The molecule has 0 aliphatic rings. The molecular weight excluding hydrogens is 204 g/mol. The Kier molecular flexibility index (Phi) is 4.35. The van der Waals surface area contributed by atoms with E-state index in [1.807, 2.05) is 6.92 Å². The van der Waals surface area contributed by atoms with Crippen LogP contribution >= 0.6 is 0 Å². The minimum atomic E-state index is -0.898. The summed E-state index contributed by atoms with van der Waals surface area (Å²) in [6.45, 7) is 5.91. The van der Waals surface area contributed by atoms with Crippen molar-refractivity contribution in [2.45, 2.75) is 39.7 Å². The van der Waals surface area contributed by atoms with E-state index in [4.69, 9.17) is 9.84 Å². The monoisotopic (exact) mass is 222 g/mol. The molecule has 1 N–H and O–H groups in total. The molecule has 0 amide bonds. The Balaban J connectivity index is 2.77. The van der Waals surface area contributed by atoms with Crippen molar-refractivity contribution >= 4 is 5.97 Å². The Morgan fingerprint density at radius 1 is 1.50 bits per heavy atom. The summed E-state index contributed by atoms with van der Waals surface area (Å²) in [6.07, 6.45) is 2.24. The molecule has 0 spiro atoms. The van der Waals surface area contributed by atoms with Gasteiger partial charge in [0.2, 0.25) is 0 Å². The maximum absolute atomic E-state index is 10.8. The number of hydrogen-bond donors (Lipinski definition) is 1. The summed E-state index contributed by atoms with van der Waals surface area (Å²) in [6, 6.07) is 5.07. The summed E-state index contributed by atoms with van der Waals surface area (Å²) < 4.78 is 5.68. The van der Waals surface area contributed by atoms with Gasteiger partial charge in [0.15, 0.2) is 0 Å². The molecule has 1 aromatic rings. The average molecular weight is 222 g/mol. The number of rotatable bonds is 5. The molecule has 0 aliphatic heterocycles. The van der Waals surface area contributed by atoms with E-state index < -0.39 is 5.97 Å². The molecule has 3 heteroatoms. The zero-order chi connectivity index (χ0) is 12.1. The largest absolute Gasteiger partial charge is 0.491 e. The first-order chi connectivity index (χ1) is 7.54.